The topological polar surface area (TPSA) is 76.6 Å². The van der Waals surface area contributed by atoms with Gasteiger partial charge in [-0.1, -0.05) is 35.5 Å². The van der Waals surface area contributed by atoms with Gasteiger partial charge in [0.05, 0.1) is 13.2 Å². The van der Waals surface area contributed by atoms with Crippen molar-refractivity contribution in [2.24, 2.45) is 7.05 Å². The molecule has 4 heterocycles. The quantitative estimate of drug-likeness (QED) is 0.379. The maximum absolute atomic E-state index is 13.4. The summed E-state index contributed by atoms with van der Waals surface area (Å²) >= 11 is 1.44. The second kappa shape index (κ2) is 10.3. The lowest BCUT2D eigenvalue weighted by Crippen LogP contribution is -2.39. The standard InChI is InChI=1S/C25H27N5O3S/c1-28-10-5-9-22(28)24(31)30(12-6-11-29-13-15-32-16-14-29)25-26-21(18-34-25)23-17-20(27-33-23)19-7-3-2-4-8-19/h2-5,7-10,17-18H,6,11-16H2,1H3. The molecule has 176 valence electrons. The van der Waals surface area contributed by atoms with E-state index < -0.39 is 0 Å². The molecule has 1 aromatic carbocycles. The fourth-order valence-electron chi connectivity index (χ4n) is 4.03. The van der Waals surface area contributed by atoms with Gasteiger partial charge in [0.2, 0.25) is 0 Å². The fraction of sp³-hybridized carbons (Fsp3) is 0.320. The van der Waals surface area contributed by atoms with Crippen molar-refractivity contribution in [3.8, 4) is 22.7 Å². The Labute approximate surface area is 202 Å². The van der Waals surface area contributed by atoms with Crippen LogP contribution in [0, 0.1) is 0 Å². The Bertz CT molecular complexity index is 1230. The number of benzene rings is 1. The van der Waals surface area contributed by atoms with E-state index >= 15 is 0 Å². The van der Waals surface area contributed by atoms with Crippen LogP contribution in [0.3, 0.4) is 0 Å². The number of morpholine rings is 1. The lowest BCUT2D eigenvalue weighted by Gasteiger charge is -2.27. The van der Waals surface area contributed by atoms with E-state index in [-0.39, 0.29) is 5.91 Å². The number of hydrogen-bond acceptors (Lipinski definition) is 7. The molecule has 0 aliphatic carbocycles. The molecular formula is C25H27N5O3S. The molecule has 4 aromatic rings. The van der Waals surface area contributed by atoms with E-state index in [1.165, 1.54) is 11.3 Å². The normalized spacial score (nSPS) is 14.4. The zero-order valence-corrected chi connectivity index (χ0v) is 19.9. The highest BCUT2D eigenvalue weighted by Gasteiger charge is 2.24. The minimum absolute atomic E-state index is 0.0575. The van der Waals surface area contributed by atoms with Gasteiger partial charge in [-0.3, -0.25) is 14.6 Å². The van der Waals surface area contributed by atoms with Gasteiger partial charge < -0.3 is 13.8 Å². The molecule has 1 saturated heterocycles. The number of carbonyl (C=O) groups is 1. The molecule has 3 aromatic heterocycles. The average Bonchev–Trinajstić information content (AvgIpc) is 3.63. The van der Waals surface area contributed by atoms with E-state index in [1.54, 1.807) is 4.90 Å². The Kier molecular flexibility index (Phi) is 6.84. The summed E-state index contributed by atoms with van der Waals surface area (Å²) in [4.78, 5) is 22.4. The molecule has 0 saturated carbocycles. The van der Waals surface area contributed by atoms with Crippen LogP contribution in [0.25, 0.3) is 22.7 Å². The van der Waals surface area contributed by atoms with Crippen molar-refractivity contribution in [3.05, 3.63) is 65.8 Å². The van der Waals surface area contributed by atoms with Crippen LogP contribution in [0.4, 0.5) is 5.13 Å². The number of nitrogens with zero attached hydrogens (tertiary/aromatic N) is 5. The molecule has 1 aliphatic rings. The van der Waals surface area contributed by atoms with Crippen LogP contribution < -0.4 is 4.90 Å². The molecule has 1 aliphatic heterocycles. The Morgan fingerprint density at radius 1 is 1.12 bits per heavy atom. The van der Waals surface area contributed by atoms with E-state index in [1.807, 2.05) is 71.7 Å². The molecule has 9 heteroatoms. The van der Waals surface area contributed by atoms with E-state index in [4.69, 9.17) is 14.2 Å². The van der Waals surface area contributed by atoms with Crippen molar-refractivity contribution < 1.29 is 14.1 Å². The summed E-state index contributed by atoms with van der Waals surface area (Å²) < 4.78 is 12.9. The SMILES string of the molecule is Cn1cccc1C(=O)N(CCCN1CCOCC1)c1nc(-c2cc(-c3ccccc3)no2)cs1. The minimum Gasteiger partial charge on any atom is -0.379 e. The highest BCUT2D eigenvalue weighted by molar-refractivity contribution is 7.14. The number of rotatable bonds is 8. The van der Waals surface area contributed by atoms with Gasteiger partial charge in [0.1, 0.15) is 17.1 Å². The van der Waals surface area contributed by atoms with Crippen LogP contribution in [0.1, 0.15) is 16.9 Å². The summed E-state index contributed by atoms with van der Waals surface area (Å²) in [6, 6.07) is 15.5. The first-order valence-electron chi connectivity index (χ1n) is 11.4. The molecular weight excluding hydrogens is 450 g/mol. The molecule has 0 radical (unpaired) electrons. The van der Waals surface area contributed by atoms with Gasteiger partial charge in [-0.25, -0.2) is 4.98 Å². The second-order valence-corrected chi connectivity index (χ2v) is 9.06. The smallest absolute Gasteiger partial charge is 0.276 e. The zero-order valence-electron chi connectivity index (χ0n) is 19.1. The molecule has 0 unspecified atom stereocenters. The number of hydrogen-bond donors (Lipinski definition) is 0. The number of thiazole rings is 1. The van der Waals surface area contributed by atoms with E-state index in [2.05, 4.69) is 10.1 Å². The third kappa shape index (κ3) is 4.96. The Morgan fingerprint density at radius 3 is 2.71 bits per heavy atom. The van der Waals surface area contributed by atoms with Crippen LogP contribution in [0.2, 0.25) is 0 Å². The molecule has 0 N–H and O–H groups in total. The highest BCUT2D eigenvalue weighted by Crippen LogP contribution is 2.31. The summed E-state index contributed by atoms with van der Waals surface area (Å²) in [6.07, 6.45) is 2.73. The predicted octanol–water partition coefficient (Wildman–Crippen LogP) is 4.17. The largest absolute Gasteiger partial charge is 0.379 e. The lowest BCUT2D eigenvalue weighted by molar-refractivity contribution is 0.0376. The van der Waals surface area contributed by atoms with E-state index in [0.717, 1.165) is 50.5 Å². The van der Waals surface area contributed by atoms with Crippen LogP contribution in [-0.2, 0) is 11.8 Å². The van der Waals surface area contributed by atoms with Crippen LogP contribution in [0.5, 0.6) is 0 Å². The van der Waals surface area contributed by atoms with Crippen LogP contribution in [-0.4, -0.2) is 64.9 Å². The minimum atomic E-state index is -0.0575. The maximum atomic E-state index is 13.4. The summed E-state index contributed by atoms with van der Waals surface area (Å²) in [5.74, 6) is 0.527. The molecule has 1 fully saturated rings. The van der Waals surface area contributed by atoms with E-state index in [0.29, 0.717) is 28.8 Å². The summed E-state index contributed by atoms with van der Waals surface area (Å²) in [5, 5.41) is 6.76. The van der Waals surface area contributed by atoms with Gasteiger partial charge in [0, 0.05) is 56.4 Å². The van der Waals surface area contributed by atoms with Gasteiger partial charge in [-0.05, 0) is 18.6 Å². The first-order chi connectivity index (χ1) is 16.7. The summed E-state index contributed by atoms with van der Waals surface area (Å²) in [6.45, 7) is 4.90. The summed E-state index contributed by atoms with van der Waals surface area (Å²) in [5.41, 5.74) is 3.05. The molecule has 0 spiro atoms. The Morgan fingerprint density at radius 2 is 1.94 bits per heavy atom. The molecule has 1 amide bonds. The number of aryl methyl sites for hydroxylation is 1. The van der Waals surface area contributed by atoms with Crippen molar-refractivity contribution in [1.29, 1.82) is 0 Å². The molecule has 5 rings (SSSR count). The molecule has 0 bridgehead atoms. The second-order valence-electron chi connectivity index (χ2n) is 8.23. The number of anilines is 1. The average molecular weight is 478 g/mol. The number of amides is 1. The molecule has 8 nitrogen and oxygen atoms in total. The first-order valence-corrected chi connectivity index (χ1v) is 12.3. The molecule has 34 heavy (non-hydrogen) atoms. The van der Waals surface area contributed by atoms with Gasteiger partial charge in [0.25, 0.3) is 5.91 Å². The van der Waals surface area contributed by atoms with E-state index in [9.17, 15) is 4.79 Å². The lowest BCUT2D eigenvalue weighted by atomic mass is 10.1. The van der Waals surface area contributed by atoms with Gasteiger partial charge in [0.15, 0.2) is 10.9 Å². The third-order valence-corrected chi connectivity index (χ3v) is 6.79. The van der Waals surface area contributed by atoms with Crippen molar-refractivity contribution in [2.75, 3.05) is 44.3 Å². The highest BCUT2D eigenvalue weighted by atomic mass is 32.1. The predicted molar refractivity (Wildman–Crippen MR) is 132 cm³/mol. The number of carbonyl (C=O) groups excluding carboxylic acids is 1. The van der Waals surface area contributed by atoms with Crippen LogP contribution in [0.15, 0.2) is 64.6 Å². The van der Waals surface area contributed by atoms with Crippen molar-refractivity contribution in [1.82, 2.24) is 19.6 Å². The van der Waals surface area contributed by atoms with Crippen LogP contribution >= 0.6 is 11.3 Å². The first kappa shape index (κ1) is 22.5. The third-order valence-electron chi connectivity index (χ3n) is 5.92. The Hall–Kier alpha value is -3.27. The van der Waals surface area contributed by atoms with Crippen molar-refractivity contribution in [2.45, 2.75) is 6.42 Å². The van der Waals surface area contributed by atoms with Crippen molar-refractivity contribution >= 4 is 22.4 Å². The molecule has 0 atom stereocenters. The maximum Gasteiger partial charge on any atom is 0.276 e. The number of ether oxygens (including phenoxy) is 1. The number of aromatic nitrogens is 3. The van der Waals surface area contributed by atoms with Crippen molar-refractivity contribution in [3.63, 3.8) is 0 Å². The zero-order chi connectivity index (χ0) is 23.3. The monoisotopic (exact) mass is 477 g/mol. The van der Waals surface area contributed by atoms with Gasteiger partial charge >= 0.3 is 0 Å². The summed E-state index contributed by atoms with van der Waals surface area (Å²) in [7, 11) is 1.88. The van der Waals surface area contributed by atoms with Gasteiger partial charge in [-0.15, -0.1) is 11.3 Å². The fourth-order valence-corrected chi connectivity index (χ4v) is 4.86. The van der Waals surface area contributed by atoms with Gasteiger partial charge in [-0.2, -0.15) is 0 Å². The Balaban J connectivity index is 1.35.